The van der Waals surface area contributed by atoms with Gasteiger partial charge >= 0.3 is 5.97 Å². The average Bonchev–Trinajstić information content (AvgIpc) is 2.74. The van der Waals surface area contributed by atoms with Crippen LogP contribution in [0, 0.1) is 6.92 Å². The first-order chi connectivity index (χ1) is 7.65. The number of hydrogen-bond donors (Lipinski definition) is 1. The molecule has 1 aliphatic heterocycles. The highest BCUT2D eigenvalue weighted by Gasteiger charge is 2.30. The van der Waals surface area contributed by atoms with E-state index in [1.54, 1.807) is 0 Å². The Kier molecular flexibility index (Phi) is 3.24. The lowest BCUT2D eigenvalue weighted by Gasteiger charge is -2.08. The fourth-order valence-corrected chi connectivity index (χ4v) is 1.87. The molecule has 1 aromatic rings. The number of nitrogens with zero attached hydrogens (tertiary/aromatic N) is 2. The summed E-state index contributed by atoms with van der Waals surface area (Å²) in [4.78, 5) is 11.3. The van der Waals surface area contributed by atoms with E-state index in [0.717, 1.165) is 25.1 Å². The van der Waals surface area contributed by atoms with Gasteiger partial charge in [0, 0.05) is 19.2 Å². The molecule has 88 valence electrons. The highest BCUT2D eigenvalue weighted by molar-refractivity contribution is 5.77. The summed E-state index contributed by atoms with van der Waals surface area (Å²) in [7, 11) is 0. The molecule has 0 saturated carbocycles. The van der Waals surface area contributed by atoms with Crippen LogP contribution in [0.25, 0.3) is 0 Å². The molecule has 1 fully saturated rings. The topological polar surface area (TPSA) is 56.1 Å². The average molecular weight is 223 g/mol. The normalized spacial score (nSPS) is 24.8. The van der Waals surface area contributed by atoms with Gasteiger partial charge in [0.05, 0.1) is 12.7 Å². The highest BCUT2D eigenvalue weighted by Crippen LogP contribution is 2.13. The maximum atomic E-state index is 11.3. The van der Waals surface area contributed by atoms with E-state index in [1.165, 1.54) is 0 Å². The predicted octanol–water partition coefficient (Wildman–Crippen LogP) is 0.485. The van der Waals surface area contributed by atoms with Gasteiger partial charge in [-0.15, -0.1) is 0 Å². The molecule has 0 radical (unpaired) electrons. The Labute approximate surface area is 94.8 Å². The molecule has 1 saturated heterocycles. The minimum atomic E-state index is -0.147. The maximum Gasteiger partial charge on any atom is 0.323 e. The molecule has 0 bridgehead atoms. The molecule has 1 aliphatic rings. The maximum absolute atomic E-state index is 11.3. The van der Waals surface area contributed by atoms with Gasteiger partial charge in [-0.3, -0.25) is 9.48 Å². The molecule has 0 aliphatic carbocycles. The zero-order chi connectivity index (χ0) is 11.5. The summed E-state index contributed by atoms with van der Waals surface area (Å²) < 4.78 is 6.92. The second kappa shape index (κ2) is 4.65. The molecule has 0 amide bonds. The fraction of sp³-hybridized carbons (Fsp3) is 0.636. The van der Waals surface area contributed by atoms with Gasteiger partial charge in [0.25, 0.3) is 0 Å². The number of aromatic nitrogens is 2. The largest absolute Gasteiger partial charge is 0.461 e. The van der Waals surface area contributed by atoms with Crippen LogP contribution in [-0.4, -0.2) is 34.4 Å². The van der Waals surface area contributed by atoms with Gasteiger partial charge in [-0.25, -0.2) is 0 Å². The molecule has 5 nitrogen and oxygen atoms in total. The monoisotopic (exact) mass is 223 g/mol. The van der Waals surface area contributed by atoms with Crippen molar-refractivity contribution in [2.45, 2.75) is 39.0 Å². The molecule has 2 rings (SSSR count). The third kappa shape index (κ3) is 2.61. The van der Waals surface area contributed by atoms with Crippen LogP contribution in [0.2, 0.25) is 0 Å². The summed E-state index contributed by atoms with van der Waals surface area (Å²) >= 11 is 0. The van der Waals surface area contributed by atoms with Gasteiger partial charge in [0.15, 0.2) is 0 Å². The summed E-state index contributed by atoms with van der Waals surface area (Å²) in [5.41, 5.74) is 1.15. The number of carbonyl (C=O) groups is 1. The van der Waals surface area contributed by atoms with Gasteiger partial charge in [0.1, 0.15) is 12.1 Å². The number of aryl methyl sites for hydroxylation is 1. The van der Waals surface area contributed by atoms with Crippen LogP contribution in [0.4, 0.5) is 0 Å². The van der Waals surface area contributed by atoms with Crippen molar-refractivity contribution >= 4 is 5.97 Å². The van der Waals surface area contributed by atoms with Crippen molar-refractivity contribution < 1.29 is 9.53 Å². The summed E-state index contributed by atoms with van der Waals surface area (Å²) in [5, 5.41) is 7.36. The van der Waals surface area contributed by atoms with Crippen molar-refractivity contribution in [2.75, 3.05) is 6.54 Å². The fourth-order valence-electron chi connectivity index (χ4n) is 1.87. The Balaban J connectivity index is 1.74. The molecule has 1 N–H and O–H groups in total. The van der Waals surface area contributed by atoms with Crippen LogP contribution < -0.4 is 5.32 Å². The van der Waals surface area contributed by atoms with Crippen molar-refractivity contribution in [2.24, 2.45) is 0 Å². The third-order valence-electron chi connectivity index (χ3n) is 2.66. The lowest BCUT2D eigenvalue weighted by molar-refractivity contribution is -0.142. The standard InChI is InChI=1S/C11H17N3O2/c1-8-6-13-14(7-8)4-3-12-10-5-9(2)16-11(10)15/h6-7,9-10,12H,3-5H2,1-2H3/t9-,10-/m0/s1. The van der Waals surface area contributed by atoms with E-state index in [9.17, 15) is 4.79 Å². The SMILES string of the molecule is Cc1cnn(CCN[C@H]2C[C@H](C)OC2=O)c1. The highest BCUT2D eigenvalue weighted by atomic mass is 16.6. The van der Waals surface area contributed by atoms with E-state index < -0.39 is 0 Å². The van der Waals surface area contributed by atoms with E-state index in [2.05, 4.69) is 10.4 Å². The summed E-state index contributed by atoms with van der Waals surface area (Å²) in [6.45, 7) is 5.42. The molecular weight excluding hydrogens is 206 g/mol. The molecule has 2 atom stereocenters. The molecule has 2 heterocycles. The smallest absolute Gasteiger partial charge is 0.323 e. The van der Waals surface area contributed by atoms with Crippen LogP contribution in [-0.2, 0) is 16.1 Å². The summed E-state index contributed by atoms with van der Waals surface area (Å²) in [5.74, 6) is -0.135. The Bertz CT molecular complexity index is 375. The molecule has 1 aromatic heterocycles. The number of nitrogens with one attached hydrogen (secondary N) is 1. The van der Waals surface area contributed by atoms with Crippen LogP contribution in [0.15, 0.2) is 12.4 Å². The molecular formula is C11H17N3O2. The Morgan fingerprint density at radius 3 is 3.06 bits per heavy atom. The third-order valence-corrected chi connectivity index (χ3v) is 2.66. The van der Waals surface area contributed by atoms with Crippen molar-refractivity contribution in [3.8, 4) is 0 Å². The number of ether oxygens (including phenoxy) is 1. The Morgan fingerprint density at radius 1 is 1.69 bits per heavy atom. The zero-order valence-corrected chi connectivity index (χ0v) is 9.64. The first-order valence-electron chi connectivity index (χ1n) is 5.58. The molecule has 5 heteroatoms. The van der Waals surface area contributed by atoms with E-state index in [1.807, 2.05) is 30.9 Å². The summed E-state index contributed by atoms with van der Waals surface area (Å²) in [6, 6.07) is -0.147. The summed E-state index contributed by atoms with van der Waals surface area (Å²) in [6.07, 6.45) is 4.61. The van der Waals surface area contributed by atoms with Gasteiger partial charge in [-0.2, -0.15) is 5.10 Å². The minimum Gasteiger partial charge on any atom is -0.461 e. The van der Waals surface area contributed by atoms with Crippen molar-refractivity contribution in [3.05, 3.63) is 18.0 Å². The quantitative estimate of drug-likeness (QED) is 0.755. The van der Waals surface area contributed by atoms with E-state index in [-0.39, 0.29) is 18.1 Å². The van der Waals surface area contributed by atoms with Crippen LogP contribution in [0.1, 0.15) is 18.9 Å². The molecule has 16 heavy (non-hydrogen) atoms. The van der Waals surface area contributed by atoms with Gasteiger partial charge in [-0.1, -0.05) is 0 Å². The Morgan fingerprint density at radius 2 is 2.50 bits per heavy atom. The second-order valence-corrected chi connectivity index (χ2v) is 4.27. The van der Waals surface area contributed by atoms with E-state index in [4.69, 9.17) is 4.74 Å². The van der Waals surface area contributed by atoms with Gasteiger partial charge in [0.2, 0.25) is 0 Å². The van der Waals surface area contributed by atoms with Gasteiger partial charge < -0.3 is 10.1 Å². The molecule has 0 unspecified atom stereocenters. The zero-order valence-electron chi connectivity index (χ0n) is 9.64. The van der Waals surface area contributed by atoms with Crippen LogP contribution in [0.3, 0.4) is 0 Å². The number of cyclic esters (lactones) is 1. The first-order valence-corrected chi connectivity index (χ1v) is 5.58. The molecule has 0 spiro atoms. The van der Waals surface area contributed by atoms with E-state index >= 15 is 0 Å². The van der Waals surface area contributed by atoms with Crippen LogP contribution >= 0.6 is 0 Å². The second-order valence-electron chi connectivity index (χ2n) is 4.27. The Hall–Kier alpha value is -1.36. The van der Waals surface area contributed by atoms with Crippen molar-refractivity contribution in [3.63, 3.8) is 0 Å². The molecule has 0 aromatic carbocycles. The number of hydrogen-bond acceptors (Lipinski definition) is 4. The van der Waals surface area contributed by atoms with Crippen molar-refractivity contribution in [1.29, 1.82) is 0 Å². The van der Waals surface area contributed by atoms with Crippen LogP contribution in [0.5, 0.6) is 0 Å². The lowest BCUT2D eigenvalue weighted by Crippen LogP contribution is -2.35. The van der Waals surface area contributed by atoms with Gasteiger partial charge in [-0.05, 0) is 19.4 Å². The first kappa shape index (κ1) is 11.1. The number of carbonyl (C=O) groups excluding carboxylic acids is 1. The lowest BCUT2D eigenvalue weighted by atomic mass is 10.2. The van der Waals surface area contributed by atoms with Crippen molar-refractivity contribution in [1.82, 2.24) is 15.1 Å². The minimum absolute atomic E-state index is 0.0388. The predicted molar refractivity (Wildman–Crippen MR) is 58.9 cm³/mol. The number of rotatable bonds is 4. The number of esters is 1. The van der Waals surface area contributed by atoms with E-state index in [0.29, 0.717) is 0 Å².